The summed E-state index contributed by atoms with van der Waals surface area (Å²) in [5.41, 5.74) is 0.635. The zero-order chi connectivity index (χ0) is 22.0. The molecule has 0 saturated heterocycles. The fourth-order valence-electron chi connectivity index (χ4n) is 4.28. The molecule has 1 unspecified atom stereocenters. The van der Waals surface area contributed by atoms with E-state index in [1.165, 1.54) is 22.9 Å². The Morgan fingerprint density at radius 1 is 1.32 bits per heavy atom. The van der Waals surface area contributed by atoms with E-state index < -0.39 is 0 Å². The molecule has 2 aliphatic rings. The smallest absolute Gasteiger partial charge is 0.270 e. The third kappa shape index (κ3) is 4.31. The number of aryl methyl sites for hydroxylation is 2. The summed E-state index contributed by atoms with van der Waals surface area (Å²) in [5, 5.41) is 7.18. The van der Waals surface area contributed by atoms with E-state index in [-0.39, 0.29) is 34.5 Å². The van der Waals surface area contributed by atoms with Crippen LogP contribution in [0.15, 0.2) is 59.4 Å². The summed E-state index contributed by atoms with van der Waals surface area (Å²) in [4.78, 5) is 25.1. The molecule has 1 aromatic heterocycles. The number of carbonyl (C=O) groups excluding carboxylic acids is 1. The van der Waals surface area contributed by atoms with Gasteiger partial charge in [-0.3, -0.25) is 9.59 Å². The molecule has 162 valence electrons. The van der Waals surface area contributed by atoms with Crippen LogP contribution in [0.1, 0.15) is 25.5 Å². The van der Waals surface area contributed by atoms with E-state index in [0.717, 1.165) is 6.42 Å². The first-order chi connectivity index (χ1) is 14.9. The number of anilines is 1. The molecule has 31 heavy (non-hydrogen) atoms. The van der Waals surface area contributed by atoms with Crippen LogP contribution in [-0.2, 0) is 11.3 Å². The molecule has 1 amide bonds. The molecule has 1 saturated carbocycles. The zero-order valence-corrected chi connectivity index (χ0v) is 17.7. The molecule has 1 aromatic carbocycles. The summed E-state index contributed by atoms with van der Waals surface area (Å²) >= 11 is 0. The number of rotatable bonds is 7. The third-order valence-electron chi connectivity index (χ3n) is 6.20. The molecule has 2 aliphatic carbocycles. The molecular formula is C24H26FN3O3. The van der Waals surface area contributed by atoms with E-state index in [1.807, 2.05) is 26.0 Å². The van der Waals surface area contributed by atoms with Crippen molar-refractivity contribution in [1.82, 2.24) is 9.78 Å². The number of allylic oxidation sites excluding steroid dienone is 4. The molecule has 4 rings (SSSR count). The van der Waals surface area contributed by atoms with E-state index in [4.69, 9.17) is 4.74 Å². The van der Waals surface area contributed by atoms with Crippen molar-refractivity contribution < 1.29 is 13.9 Å². The highest BCUT2D eigenvalue weighted by Crippen LogP contribution is 2.60. The van der Waals surface area contributed by atoms with Crippen LogP contribution in [0.4, 0.5) is 10.1 Å². The van der Waals surface area contributed by atoms with Gasteiger partial charge in [0, 0.05) is 29.6 Å². The van der Waals surface area contributed by atoms with Crippen molar-refractivity contribution in [3.05, 3.63) is 76.5 Å². The number of nitrogens with zero attached hydrogens (tertiary/aromatic N) is 2. The van der Waals surface area contributed by atoms with Crippen LogP contribution in [0.3, 0.4) is 0 Å². The minimum atomic E-state index is -0.364. The predicted octanol–water partition coefficient (Wildman–Crippen LogP) is 3.87. The number of ether oxygens (including phenoxy) is 1. The maximum Gasteiger partial charge on any atom is 0.270 e. The second-order valence-corrected chi connectivity index (χ2v) is 8.18. The second kappa shape index (κ2) is 8.49. The Balaban J connectivity index is 1.52. The van der Waals surface area contributed by atoms with E-state index in [1.54, 1.807) is 12.1 Å². The number of halogens is 1. The zero-order valence-electron chi connectivity index (χ0n) is 17.7. The van der Waals surface area contributed by atoms with Crippen LogP contribution < -0.4 is 15.6 Å². The molecule has 7 heteroatoms. The topological polar surface area (TPSA) is 73.2 Å². The highest BCUT2D eigenvalue weighted by Gasteiger charge is 2.62. The van der Waals surface area contributed by atoms with Gasteiger partial charge in [0.25, 0.3) is 5.56 Å². The molecule has 6 nitrogen and oxygen atoms in total. The van der Waals surface area contributed by atoms with Gasteiger partial charge >= 0.3 is 0 Å². The van der Waals surface area contributed by atoms with Crippen LogP contribution >= 0.6 is 0 Å². The average molecular weight is 423 g/mol. The Labute approximate surface area is 180 Å². The second-order valence-electron chi connectivity index (χ2n) is 8.18. The van der Waals surface area contributed by atoms with Crippen molar-refractivity contribution in [3.8, 4) is 5.75 Å². The standard InChI is InChI=1S/C24H26FN3O3/c1-3-28-22(29)13-21(16(2)27-28)31-15-24(17-7-5-4-6-8-17)14-20(24)23(30)26-19-11-9-18(25)10-12-19/h4-7,9-13,17,20H,3,8,14-15H2,1-2H3,(H,26,30)/t17?,20-,24+/m0/s1. The van der Waals surface area contributed by atoms with Crippen molar-refractivity contribution >= 4 is 11.6 Å². The minimum Gasteiger partial charge on any atom is -0.491 e. The molecule has 0 bridgehead atoms. The lowest BCUT2D eigenvalue weighted by Crippen LogP contribution is -2.30. The van der Waals surface area contributed by atoms with Gasteiger partial charge in [-0.1, -0.05) is 24.3 Å². The lowest BCUT2D eigenvalue weighted by atomic mass is 9.82. The monoisotopic (exact) mass is 423 g/mol. The molecule has 1 heterocycles. The molecular weight excluding hydrogens is 397 g/mol. The maximum absolute atomic E-state index is 13.2. The van der Waals surface area contributed by atoms with Crippen molar-refractivity contribution in [2.75, 3.05) is 11.9 Å². The first-order valence-electron chi connectivity index (χ1n) is 10.5. The van der Waals surface area contributed by atoms with Crippen molar-refractivity contribution in [1.29, 1.82) is 0 Å². The predicted molar refractivity (Wildman–Crippen MR) is 116 cm³/mol. The summed E-state index contributed by atoms with van der Waals surface area (Å²) in [6.45, 7) is 4.48. The summed E-state index contributed by atoms with van der Waals surface area (Å²) in [6.07, 6.45) is 9.72. The van der Waals surface area contributed by atoms with Crippen molar-refractivity contribution in [2.24, 2.45) is 17.3 Å². The number of benzene rings is 1. The summed E-state index contributed by atoms with van der Waals surface area (Å²) in [7, 11) is 0. The lowest BCUT2D eigenvalue weighted by molar-refractivity contribution is -0.118. The number of hydrogen-bond acceptors (Lipinski definition) is 4. The molecule has 0 radical (unpaired) electrons. The highest BCUT2D eigenvalue weighted by molar-refractivity contribution is 5.95. The van der Waals surface area contributed by atoms with E-state index >= 15 is 0 Å². The first kappa shape index (κ1) is 21.0. The van der Waals surface area contributed by atoms with E-state index in [9.17, 15) is 14.0 Å². The van der Waals surface area contributed by atoms with Crippen molar-refractivity contribution in [3.63, 3.8) is 0 Å². The molecule has 1 fully saturated rings. The van der Waals surface area contributed by atoms with Gasteiger partial charge in [0.1, 0.15) is 17.3 Å². The minimum absolute atomic E-state index is 0.102. The Kier molecular flexibility index (Phi) is 5.76. The van der Waals surface area contributed by atoms with E-state index in [0.29, 0.717) is 36.7 Å². The molecule has 2 aromatic rings. The van der Waals surface area contributed by atoms with E-state index in [2.05, 4.69) is 22.6 Å². The summed E-state index contributed by atoms with van der Waals surface area (Å²) in [6, 6.07) is 7.21. The molecule has 0 aliphatic heterocycles. The fraction of sp³-hybridized carbons (Fsp3) is 0.375. The molecule has 0 spiro atoms. The number of amides is 1. The van der Waals surface area contributed by atoms with Crippen LogP contribution in [0.2, 0.25) is 0 Å². The van der Waals surface area contributed by atoms with Gasteiger partial charge in [-0.05, 0) is 56.9 Å². The Morgan fingerprint density at radius 3 is 2.77 bits per heavy atom. The maximum atomic E-state index is 13.2. The van der Waals surface area contributed by atoms with Crippen LogP contribution in [0.5, 0.6) is 5.75 Å². The first-order valence-corrected chi connectivity index (χ1v) is 10.5. The van der Waals surface area contributed by atoms with Crippen LogP contribution in [0, 0.1) is 30.0 Å². The molecule has 1 N–H and O–H groups in total. The van der Waals surface area contributed by atoms with Gasteiger partial charge in [0.05, 0.1) is 6.61 Å². The van der Waals surface area contributed by atoms with Crippen molar-refractivity contribution in [2.45, 2.75) is 33.2 Å². The highest BCUT2D eigenvalue weighted by atomic mass is 19.1. The average Bonchev–Trinajstić information content (AvgIpc) is 3.52. The Bertz CT molecular complexity index is 1090. The summed E-state index contributed by atoms with van der Waals surface area (Å²) < 4.78 is 20.6. The third-order valence-corrected chi connectivity index (χ3v) is 6.20. The van der Waals surface area contributed by atoms with Crippen LogP contribution in [0.25, 0.3) is 0 Å². The van der Waals surface area contributed by atoms with Gasteiger partial charge < -0.3 is 10.1 Å². The normalized spacial score (nSPS) is 24.1. The molecule has 3 atom stereocenters. The SMILES string of the molecule is CCn1nc(C)c(OC[C@@]2(C3C=CC=CC3)C[C@H]2C(=O)Nc2ccc(F)cc2)cc1=O. The number of hydrogen-bond donors (Lipinski definition) is 1. The largest absolute Gasteiger partial charge is 0.491 e. The van der Waals surface area contributed by atoms with Gasteiger partial charge in [-0.25, -0.2) is 9.07 Å². The lowest BCUT2D eigenvalue weighted by Gasteiger charge is -2.26. The fourth-order valence-corrected chi connectivity index (χ4v) is 4.28. The number of carbonyl (C=O) groups is 1. The van der Waals surface area contributed by atoms with Gasteiger partial charge in [-0.15, -0.1) is 0 Å². The Morgan fingerprint density at radius 2 is 2.10 bits per heavy atom. The Hall–Kier alpha value is -3.22. The number of aromatic nitrogens is 2. The summed E-state index contributed by atoms with van der Waals surface area (Å²) in [5.74, 6) is -0.0718. The van der Waals surface area contributed by atoms with Gasteiger partial charge in [0.2, 0.25) is 5.91 Å². The number of nitrogens with one attached hydrogen (secondary N) is 1. The van der Waals surface area contributed by atoms with Gasteiger partial charge in [-0.2, -0.15) is 5.10 Å². The van der Waals surface area contributed by atoms with Crippen LogP contribution in [-0.4, -0.2) is 22.3 Å². The quantitative estimate of drug-likeness (QED) is 0.734. The van der Waals surface area contributed by atoms with Gasteiger partial charge in [0.15, 0.2) is 0 Å².